The van der Waals surface area contributed by atoms with Crippen molar-refractivity contribution in [2.75, 3.05) is 12.4 Å². The van der Waals surface area contributed by atoms with Crippen molar-refractivity contribution in [3.63, 3.8) is 0 Å². The summed E-state index contributed by atoms with van der Waals surface area (Å²) in [5.41, 5.74) is 0. The first-order valence-electron chi connectivity index (χ1n) is 5.41. The second-order valence-corrected chi connectivity index (χ2v) is 4.75. The Morgan fingerprint density at radius 2 is 2.31 bits per heavy atom. The Hall–Kier alpha value is -1.36. The van der Waals surface area contributed by atoms with Crippen LogP contribution in [0, 0.1) is 0 Å². The van der Waals surface area contributed by atoms with E-state index in [0.717, 1.165) is 17.4 Å². The number of hydrogen-bond donors (Lipinski definition) is 1. The fraction of sp³-hybridized carbons (Fsp3) is 0.455. The van der Waals surface area contributed by atoms with Gasteiger partial charge in [-0.3, -0.25) is 0 Å². The number of thiazole rings is 1. The van der Waals surface area contributed by atoms with Crippen molar-refractivity contribution < 1.29 is 0 Å². The molecule has 2 aromatic heterocycles. The van der Waals surface area contributed by atoms with Crippen LogP contribution in [-0.4, -0.2) is 21.6 Å². The first-order chi connectivity index (χ1) is 7.76. The van der Waals surface area contributed by atoms with Crippen molar-refractivity contribution in [3.05, 3.63) is 28.5 Å². The van der Waals surface area contributed by atoms with Crippen LogP contribution in [0.2, 0.25) is 0 Å². The van der Waals surface area contributed by atoms with E-state index < -0.39 is 0 Å². The van der Waals surface area contributed by atoms with Gasteiger partial charge in [0.05, 0.1) is 6.04 Å². The van der Waals surface area contributed by atoms with Crippen molar-refractivity contribution in [1.29, 1.82) is 0 Å². The summed E-state index contributed by atoms with van der Waals surface area (Å²) in [5.74, 6) is 0.876. The Balaban J connectivity index is 2.27. The molecule has 0 fully saturated rings. The predicted molar refractivity (Wildman–Crippen MR) is 67.1 cm³/mol. The lowest BCUT2D eigenvalue weighted by molar-refractivity contribution is 0.641. The van der Waals surface area contributed by atoms with Crippen LogP contribution >= 0.6 is 11.3 Å². The van der Waals surface area contributed by atoms with Crippen LogP contribution in [-0.2, 0) is 6.42 Å². The molecule has 2 heterocycles. The Morgan fingerprint density at radius 3 is 2.94 bits per heavy atom. The number of aryl methyl sites for hydroxylation is 1. The van der Waals surface area contributed by atoms with Gasteiger partial charge in [0, 0.05) is 30.5 Å². The van der Waals surface area contributed by atoms with Gasteiger partial charge >= 0.3 is 0 Å². The molecule has 2 rings (SSSR count). The Kier molecular flexibility index (Phi) is 3.24. The minimum absolute atomic E-state index is 0.232. The third-order valence-electron chi connectivity index (χ3n) is 2.59. The summed E-state index contributed by atoms with van der Waals surface area (Å²) < 4.78 is 2.10. The highest BCUT2D eigenvalue weighted by Gasteiger charge is 2.14. The smallest absolute Gasteiger partial charge is 0.203 e. The van der Waals surface area contributed by atoms with E-state index in [0.29, 0.717) is 0 Å². The largest absolute Gasteiger partial charge is 0.359 e. The molecule has 0 aromatic carbocycles. The molecule has 0 saturated heterocycles. The summed E-state index contributed by atoms with van der Waals surface area (Å²) in [7, 11) is 1.88. The summed E-state index contributed by atoms with van der Waals surface area (Å²) in [6, 6.07) is 0.232. The van der Waals surface area contributed by atoms with E-state index >= 15 is 0 Å². The molecule has 0 amide bonds. The first-order valence-corrected chi connectivity index (χ1v) is 6.23. The maximum Gasteiger partial charge on any atom is 0.203 e. The van der Waals surface area contributed by atoms with Crippen LogP contribution in [0.15, 0.2) is 18.6 Å². The second kappa shape index (κ2) is 4.65. The lowest BCUT2D eigenvalue weighted by Gasteiger charge is -2.13. The van der Waals surface area contributed by atoms with Crippen LogP contribution in [0.5, 0.6) is 0 Å². The fourth-order valence-electron chi connectivity index (χ4n) is 1.62. The molecule has 2 aromatic rings. The van der Waals surface area contributed by atoms with Gasteiger partial charge in [-0.05, 0) is 13.3 Å². The maximum atomic E-state index is 4.46. The molecule has 0 radical (unpaired) electrons. The van der Waals surface area contributed by atoms with Crippen LogP contribution in [0.4, 0.5) is 5.95 Å². The van der Waals surface area contributed by atoms with E-state index in [4.69, 9.17) is 0 Å². The lowest BCUT2D eigenvalue weighted by Crippen LogP contribution is -2.09. The predicted octanol–water partition coefficient (Wildman–Crippen LogP) is 2.55. The first kappa shape index (κ1) is 11.1. The quantitative estimate of drug-likeness (QED) is 0.887. The van der Waals surface area contributed by atoms with E-state index in [1.807, 2.05) is 19.4 Å². The van der Waals surface area contributed by atoms with Crippen molar-refractivity contribution in [2.45, 2.75) is 26.3 Å². The van der Waals surface area contributed by atoms with Gasteiger partial charge in [0.1, 0.15) is 5.01 Å². The van der Waals surface area contributed by atoms with Gasteiger partial charge in [-0.15, -0.1) is 11.3 Å². The van der Waals surface area contributed by atoms with Crippen molar-refractivity contribution >= 4 is 17.3 Å². The highest BCUT2D eigenvalue weighted by atomic mass is 32.1. The molecule has 1 unspecified atom stereocenters. The third kappa shape index (κ3) is 1.95. The summed E-state index contributed by atoms with van der Waals surface area (Å²) in [6.07, 6.45) is 6.79. The molecule has 0 aliphatic rings. The minimum atomic E-state index is 0.232. The van der Waals surface area contributed by atoms with Crippen molar-refractivity contribution in [1.82, 2.24) is 14.5 Å². The van der Waals surface area contributed by atoms with Gasteiger partial charge in [-0.25, -0.2) is 9.97 Å². The molecule has 86 valence electrons. The van der Waals surface area contributed by atoms with E-state index in [1.165, 1.54) is 4.88 Å². The minimum Gasteiger partial charge on any atom is -0.359 e. The summed E-state index contributed by atoms with van der Waals surface area (Å²) in [6.45, 7) is 4.29. The van der Waals surface area contributed by atoms with Crippen LogP contribution in [0.3, 0.4) is 0 Å². The summed E-state index contributed by atoms with van der Waals surface area (Å²) in [4.78, 5) is 10.0. The maximum absolute atomic E-state index is 4.46. The topological polar surface area (TPSA) is 42.7 Å². The molecule has 0 aliphatic heterocycles. The van der Waals surface area contributed by atoms with Crippen molar-refractivity contribution in [3.8, 4) is 0 Å². The van der Waals surface area contributed by atoms with Crippen LogP contribution in [0.25, 0.3) is 0 Å². The molecule has 0 bridgehead atoms. The Morgan fingerprint density at radius 1 is 1.50 bits per heavy atom. The van der Waals surface area contributed by atoms with Gasteiger partial charge in [-0.1, -0.05) is 6.92 Å². The fourth-order valence-corrected chi connectivity index (χ4v) is 2.53. The zero-order valence-corrected chi connectivity index (χ0v) is 10.6. The number of nitrogens with one attached hydrogen (secondary N) is 1. The summed E-state index contributed by atoms with van der Waals surface area (Å²) in [5, 5.41) is 4.21. The molecule has 0 aliphatic carbocycles. The standard InChI is InChI=1S/C11H16N4S/c1-4-9-7-14-10(16-9)8(2)15-6-5-13-11(15)12-3/h5-8H,4H2,1-3H3,(H,12,13). The molecular formula is C11H16N4S. The van der Waals surface area contributed by atoms with E-state index in [2.05, 4.69) is 33.7 Å². The third-order valence-corrected chi connectivity index (χ3v) is 3.90. The number of nitrogens with zero attached hydrogens (tertiary/aromatic N) is 3. The van der Waals surface area contributed by atoms with Crippen LogP contribution < -0.4 is 5.32 Å². The number of rotatable bonds is 4. The average Bonchev–Trinajstić information content (AvgIpc) is 2.96. The zero-order valence-electron chi connectivity index (χ0n) is 9.77. The zero-order chi connectivity index (χ0) is 11.5. The average molecular weight is 236 g/mol. The number of anilines is 1. The SMILES string of the molecule is CCc1cnc(C(C)n2ccnc2NC)s1. The van der Waals surface area contributed by atoms with Crippen LogP contribution in [0.1, 0.15) is 29.8 Å². The van der Waals surface area contributed by atoms with E-state index in [1.54, 1.807) is 17.5 Å². The summed E-state index contributed by atoms with van der Waals surface area (Å²) >= 11 is 1.77. The molecule has 0 saturated carbocycles. The highest BCUT2D eigenvalue weighted by molar-refractivity contribution is 7.11. The number of aromatic nitrogens is 3. The Labute approximate surface area is 99.4 Å². The van der Waals surface area contributed by atoms with Gasteiger partial charge < -0.3 is 9.88 Å². The monoisotopic (exact) mass is 236 g/mol. The number of imidazole rings is 1. The van der Waals surface area contributed by atoms with Gasteiger partial charge in [0.15, 0.2) is 0 Å². The lowest BCUT2D eigenvalue weighted by atomic mass is 10.3. The van der Waals surface area contributed by atoms with Crippen molar-refractivity contribution in [2.24, 2.45) is 0 Å². The number of hydrogen-bond acceptors (Lipinski definition) is 4. The molecule has 16 heavy (non-hydrogen) atoms. The highest BCUT2D eigenvalue weighted by Crippen LogP contribution is 2.25. The molecule has 1 atom stereocenters. The van der Waals surface area contributed by atoms with E-state index in [9.17, 15) is 0 Å². The normalized spacial score (nSPS) is 12.7. The second-order valence-electron chi connectivity index (χ2n) is 3.60. The molecule has 1 N–H and O–H groups in total. The molecule has 4 nitrogen and oxygen atoms in total. The van der Waals surface area contributed by atoms with Gasteiger partial charge in [0.25, 0.3) is 0 Å². The molecular weight excluding hydrogens is 220 g/mol. The van der Waals surface area contributed by atoms with Gasteiger partial charge in [-0.2, -0.15) is 0 Å². The van der Waals surface area contributed by atoms with E-state index in [-0.39, 0.29) is 6.04 Å². The Bertz CT molecular complexity index is 460. The molecule has 0 spiro atoms. The van der Waals surface area contributed by atoms with Gasteiger partial charge in [0.2, 0.25) is 5.95 Å². The molecule has 5 heteroatoms.